The zero-order chi connectivity index (χ0) is 29.8. The molecule has 3 amide bonds. The number of esters is 1. The first-order chi connectivity index (χ1) is 19.3. The van der Waals surface area contributed by atoms with Crippen molar-refractivity contribution >= 4 is 23.8 Å². The molecule has 0 bridgehead atoms. The van der Waals surface area contributed by atoms with Crippen LogP contribution in [0.1, 0.15) is 36.7 Å². The molecule has 1 aliphatic heterocycles. The number of benzene rings is 3. The van der Waals surface area contributed by atoms with Crippen molar-refractivity contribution in [2.75, 3.05) is 18.4 Å². The van der Waals surface area contributed by atoms with E-state index in [1.54, 1.807) is 45.0 Å². The van der Waals surface area contributed by atoms with Crippen molar-refractivity contribution in [3.63, 3.8) is 0 Å². The van der Waals surface area contributed by atoms with Gasteiger partial charge in [0.2, 0.25) is 0 Å². The van der Waals surface area contributed by atoms with Crippen molar-refractivity contribution in [1.29, 1.82) is 0 Å². The molecule has 0 aliphatic carbocycles. The van der Waals surface area contributed by atoms with Crippen molar-refractivity contribution < 1.29 is 37.0 Å². The quantitative estimate of drug-likeness (QED) is 0.350. The molecule has 11 heteroatoms. The fourth-order valence-electron chi connectivity index (χ4n) is 4.22. The number of carbonyl (C=O) groups is 3. The zero-order valence-corrected chi connectivity index (χ0v) is 22.7. The summed E-state index contributed by atoms with van der Waals surface area (Å²) in [5.41, 5.74) is 0.696. The van der Waals surface area contributed by atoms with Crippen molar-refractivity contribution in [2.45, 2.75) is 44.7 Å². The molecule has 0 spiro atoms. The normalized spacial score (nSPS) is 17.1. The number of anilines is 1. The van der Waals surface area contributed by atoms with Crippen LogP contribution in [0, 0.1) is 0 Å². The first-order valence-electron chi connectivity index (χ1n) is 12.9. The van der Waals surface area contributed by atoms with Crippen LogP contribution in [-0.4, -0.2) is 53.8 Å². The van der Waals surface area contributed by atoms with Gasteiger partial charge in [-0.05, 0) is 68.3 Å². The molecule has 1 aliphatic rings. The van der Waals surface area contributed by atoms with E-state index >= 15 is 0 Å². The van der Waals surface area contributed by atoms with Crippen LogP contribution in [0.5, 0.6) is 0 Å². The van der Waals surface area contributed by atoms with E-state index in [-0.39, 0.29) is 24.3 Å². The van der Waals surface area contributed by atoms with Gasteiger partial charge in [-0.25, -0.2) is 14.4 Å². The van der Waals surface area contributed by atoms with E-state index in [2.05, 4.69) is 10.6 Å². The van der Waals surface area contributed by atoms with Gasteiger partial charge < -0.3 is 25.0 Å². The van der Waals surface area contributed by atoms with Crippen LogP contribution < -0.4 is 10.6 Å². The Morgan fingerprint density at radius 1 is 0.829 bits per heavy atom. The van der Waals surface area contributed by atoms with E-state index in [1.165, 1.54) is 4.90 Å². The van der Waals surface area contributed by atoms with E-state index in [0.29, 0.717) is 0 Å². The van der Waals surface area contributed by atoms with Crippen molar-refractivity contribution in [2.24, 2.45) is 0 Å². The molecule has 2 atom stereocenters. The van der Waals surface area contributed by atoms with Crippen molar-refractivity contribution in [3.05, 3.63) is 90.0 Å². The third-order valence-corrected chi connectivity index (χ3v) is 6.19. The Bertz CT molecular complexity index is 1370. The topological polar surface area (TPSA) is 97.0 Å². The van der Waals surface area contributed by atoms with Crippen LogP contribution in [0.2, 0.25) is 0 Å². The van der Waals surface area contributed by atoms with Gasteiger partial charge in [-0.1, -0.05) is 42.5 Å². The third-order valence-electron chi connectivity index (χ3n) is 6.19. The number of amides is 3. The lowest BCUT2D eigenvalue weighted by Crippen LogP contribution is -2.46. The molecule has 0 unspecified atom stereocenters. The van der Waals surface area contributed by atoms with E-state index in [9.17, 15) is 27.6 Å². The highest BCUT2D eigenvalue weighted by molar-refractivity contribution is 5.91. The lowest BCUT2D eigenvalue weighted by Gasteiger charge is -2.24. The molecule has 2 N–H and O–H groups in total. The summed E-state index contributed by atoms with van der Waals surface area (Å²) in [4.78, 5) is 39.8. The summed E-state index contributed by atoms with van der Waals surface area (Å²) in [6.07, 6.45) is -6.06. The number of alkyl halides is 3. The second kappa shape index (κ2) is 11.9. The van der Waals surface area contributed by atoms with Gasteiger partial charge >= 0.3 is 24.3 Å². The SMILES string of the molecule is CC(C)(C)OC(=O)N1C[C@H](NC(=O)Nc2ccc(C(F)(F)F)cc2)[C@@H](OC(=O)c2ccc(-c3ccccc3)cc2)C1. The second-order valence-corrected chi connectivity index (χ2v) is 10.6. The summed E-state index contributed by atoms with van der Waals surface area (Å²) in [6, 6.07) is 18.9. The fraction of sp³-hybridized carbons (Fsp3) is 0.300. The Labute approximate surface area is 235 Å². The number of urea groups is 1. The lowest BCUT2D eigenvalue weighted by molar-refractivity contribution is -0.137. The average molecular weight is 570 g/mol. The minimum Gasteiger partial charge on any atom is -0.455 e. The Morgan fingerprint density at radius 3 is 2.02 bits per heavy atom. The summed E-state index contributed by atoms with van der Waals surface area (Å²) in [5.74, 6) is -0.643. The van der Waals surface area contributed by atoms with E-state index < -0.39 is 47.6 Å². The minimum absolute atomic E-state index is 0.0137. The van der Waals surface area contributed by atoms with Crippen LogP contribution in [-0.2, 0) is 15.7 Å². The molecule has 216 valence electrons. The van der Waals surface area contributed by atoms with E-state index in [4.69, 9.17) is 9.47 Å². The van der Waals surface area contributed by atoms with Gasteiger partial charge in [0.05, 0.1) is 23.7 Å². The van der Waals surface area contributed by atoms with E-state index in [0.717, 1.165) is 35.4 Å². The molecular formula is C30H30F3N3O5. The predicted molar refractivity (Wildman–Crippen MR) is 146 cm³/mol. The summed E-state index contributed by atoms with van der Waals surface area (Å²) in [7, 11) is 0. The van der Waals surface area contributed by atoms with Gasteiger partial charge in [-0.3, -0.25) is 0 Å². The predicted octanol–water partition coefficient (Wildman–Crippen LogP) is 6.34. The average Bonchev–Trinajstić information content (AvgIpc) is 3.30. The largest absolute Gasteiger partial charge is 0.455 e. The highest BCUT2D eigenvalue weighted by atomic mass is 19.4. The van der Waals surface area contributed by atoms with E-state index in [1.807, 2.05) is 30.3 Å². The van der Waals surface area contributed by atoms with Crippen LogP contribution in [0.3, 0.4) is 0 Å². The molecule has 4 rings (SSSR count). The van der Waals surface area contributed by atoms with Gasteiger partial charge in [-0.15, -0.1) is 0 Å². The van der Waals surface area contributed by atoms with Gasteiger partial charge in [0, 0.05) is 12.2 Å². The van der Waals surface area contributed by atoms with Crippen molar-refractivity contribution in [3.8, 4) is 11.1 Å². The number of nitrogens with one attached hydrogen (secondary N) is 2. The first-order valence-corrected chi connectivity index (χ1v) is 12.9. The zero-order valence-electron chi connectivity index (χ0n) is 22.7. The molecule has 1 saturated heterocycles. The number of hydrogen-bond donors (Lipinski definition) is 2. The van der Waals surface area contributed by atoms with Crippen molar-refractivity contribution in [1.82, 2.24) is 10.2 Å². The highest BCUT2D eigenvalue weighted by Gasteiger charge is 2.40. The minimum atomic E-state index is -4.51. The van der Waals surface area contributed by atoms with Crippen LogP contribution in [0.15, 0.2) is 78.9 Å². The number of rotatable bonds is 5. The number of nitrogens with zero attached hydrogens (tertiary/aromatic N) is 1. The summed E-state index contributed by atoms with van der Waals surface area (Å²) < 4.78 is 49.7. The molecular weight excluding hydrogens is 539 g/mol. The molecule has 0 radical (unpaired) electrons. The van der Waals surface area contributed by atoms with Gasteiger partial charge in [0.15, 0.2) is 0 Å². The highest BCUT2D eigenvalue weighted by Crippen LogP contribution is 2.30. The van der Waals surface area contributed by atoms with Gasteiger partial charge in [0.1, 0.15) is 11.7 Å². The maximum Gasteiger partial charge on any atom is 0.416 e. The monoisotopic (exact) mass is 569 g/mol. The number of halogens is 3. The molecule has 1 heterocycles. The Balaban J connectivity index is 1.45. The number of hydrogen-bond acceptors (Lipinski definition) is 5. The maximum absolute atomic E-state index is 13.0. The summed E-state index contributed by atoms with van der Waals surface area (Å²) in [6.45, 7) is 5.09. The van der Waals surface area contributed by atoms with Crippen LogP contribution >= 0.6 is 0 Å². The molecule has 0 aromatic heterocycles. The number of likely N-dealkylation sites (tertiary alicyclic amines) is 1. The Morgan fingerprint density at radius 2 is 1.44 bits per heavy atom. The molecule has 41 heavy (non-hydrogen) atoms. The number of carbonyl (C=O) groups excluding carboxylic acids is 3. The molecule has 1 fully saturated rings. The molecule has 3 aromatic rings. The third kappa shape index (κ3) is 8.00. The number of ether oxygens (including phenoxy) is 2. The molecule has 0 saturated carbocycles. The van der Waals surface area contributed by atoms with Gasteiger partial charge in [0.25, 0.3) is 0 Å². The van der Waals surface area contributed by atoms with Gasteiger partial charge in [-0.2, -0.15) is 13.2 Å². The van der Waals surface area contributed by atoms with Crippen LogP contribution in [0.25, 0.3) is 11.1 Å². The smallest absolute Gasteiger partial charge is 0.416 e. The maximum atomic E-state index is 13.0. The lowest BCUT2D eigenvalue weighted by atomic mass is 10.0. The summed E-state index contributed by atoms with van der Waals surface area (Å²) >= 11 is 0. The fourth-order valence-corrected chi connectivity index (χ4v) is 4.22. The molecule has 3 aromatic carbocycles. The Hall–Kier alpha value is -4.54. The van der Waals surface area contributed by atoms with Crippen LogP contribution in [0.4, 0.5) is 28.4 Å². The second-order valence-electron chi connectivity index (χ2n) is 10.6. The summed E-state index contributed by atoms with van der Waals surface area (Å²) in [5, 5.41) is 5.12. The first kappa shape index (κ1) is 29.4. The standard InChI is InChI=1S/C30H30F3N3O5/c1-29(2,3)41-28(39)36-17-24(35-27(38)34-23-15-13-22(14-16-23)30(31,32)33)25(18-36)40-26(37)21-11-9-20(10-12-21)19-7-5-4-6-8-19/h4-16,24-25H,17-18H2,1-3H3,(H2,34,35,38)/t24-,25-/m0/s1. The molecule has 8 nitrogen and oxygen atoms in total. The Kier molecular flexibility index (Phi) is 8.55.